The molecular formula is C17H17N3O5. The molecule has 2 rings (SSSR count). The van der Waals surface area contributed by atoms with Crippen LogP contribution in [0.4, 0.5) is 5.69 Å². The van der Waals surface area contributed by atoms with Crippen LogP contribution in [0.15, 0.2) is 47.6 Å². The van der Waals surface area contributed by atoms with Gasteiger partial charge in [-0.2, -0.15) is 5.10 Å². The smallest absolute Gasteiger partial charge is 0.329 e. The highest BCUT2D eigenvalue weighted by molar-refractivity contribution is 6.39. The summed E-state index contributed by atoms with van der Waals surface area (Å²) in [7, 11) is 2.92. The molecule has 2 aromatic rings. The first-order valence-electron chi connectivity index (χ1n) is 7.19. The van der Waals surface area contributed by atoms with Gasteiger partial charge in [-0.1, -0.05) is 6.07 Å². The van der Waals surface area contributed by atoms with Gasteiger partial charge in [0, 0.05) is 11.8 Å². The summed E-state index contributed by atoms with van der Waals surface area (Å²) in [6.07, 6.45) is 1.32. The van der Waals surface area contributed by atoms with E-state index in [2.05, 4.69) is 15.8 Å². The van der Waals surface area contributed by atoms with Gasteiger partial charge in [0.1, 0.15) is 5.75 Å². The van der Waals surface area contributed by atoms with Crippen LogP contribution in [0.25, 0.3) is 0 Å². The molecule has 0 saturated carbocycles. The Morgan fingerprint density at radius 1 is 1.08 bits per heavy atom. The fraction of sp³-hybridized carbons (Fsp3) is 0.118. The number of nitrogens with one attached hydrogen (secondary N) is 2. The number of rotatable bonds is 5. The average molecular weight is 343 g/mol. The van der Waals surface area contributed by atoms with Crippen molar-refractivity contribution in [1.29, 1.82) is 0 Å². The van der Waals surface area contributed by atoms with Gasteiger partial charge in [0.15, 0.2) is 11.5 Å². The number of nitrogens with zero attached hydrogens (tertiary/aromatic N) is 1. The van der Waals surface area contributed by atoms with E-state index in [1.165, 1.54) is 32.6 Å². The SMILES string of the molecule is COc1cccc(NC(=O)C(=O)N/N=C/c2ccc(O)c(OC)c2)c1. The highest BCUT2D eigenvalue weighted by Gasteiger charge is 2.13. The Balaban J connectivity index is 1.93. The molecule has 0 saturated heterocycles. The normalized spacial score (nSPS) is 10.3. The molecule has 3 N–H and O–H groups in total. The molecule has 0 fully saturated rings. The molecule has 8 heteroatoms. The van der Waals surface area contributed by atoms with Crippen molar-refractivity contribution < 1.29 is 24.2 Å². The third-order valence-corrected chi connectivity index (χ3v) is 3.12. The summed E-state index contributed by atoms with van der Waals surface area (Å²) >= 11 is 0. The van der Waals surface area contributed by atoms with E-state index in [4.69, 9.17) is 9.47 Å². The first-order chi connectivity index (χ1) is 12.0. The zero-order chi connectivity index (χ0) is 18.2. The van der Waals surface area contributed by atoms with Gasteiger partial charge in [-0.15, -0.1) is 0 Å². The van der Waals surface area contributed by atoms with Crippen molar-refractivity contribution in [3.8, 4) is 17.2 Å². The maximum atomic E-state index is 11.8. The lowest BCUT2D eigenvalue weighted by molar-refractivity contribution is -0.136. The van der Waals surface area contributed by atoms with Gasteiger partial charge in [-0.3, -0.25) is 9.59 Å². The van der Waals surface area contributed by atoms with E-state index in [1.807, 2.05) is 0 Å². The maximum absolute atomic E-state index is 11.8. The van der Waals surface area contributed by atoms with Crippen molar-refractivity contribution >= 4 is 23.7 Å². The van der Waals surface area contributed by atoms with E-state index < -0.39 is 11.8 Å². The lowest BCUT2D eigenvalue weighted by atomic mass is 10.2. The van der Waals surface area contributed by atoms with E-state index in [1.54, 1.807) is 30.3 Å². The first kappa shape index (κ1) is 17.8. The molecule has 25 heavy (non-hydrogen) atoms. The quantitative estimate of drug-likeness (QED) is 0.433. The minimum atomic E-state index is -0.926. The lowest BCUT2D eigenvalue weighted by Gasteiger charge is -2.06. The zero-order valence-electron chi connectivity index (χ0n) is 13.6. The number of phenolic OH excluding ortho intramolecular Hbond substituents is 1. The van der Waals surface area contributed by atoms with E-state index in [9.17, 15) is 14.7 Å². The highest BCUT2D eigenvalue weighted by atomic mass is 16.5. The minimum absolute atomic E-state index is 0.0126. The summed E-state index contributed by atoms with van der Waals surface area (Å²) in [4.78, 5) is 23.5. The first-order valence-corrected chi connectivity index (χ1v) is 7.19. The van der Waals surface area contributed by atoms with Crippen LogP contribution in [0.3, 0.4) is 0 Å². The molecule has 0 aliphatic rings. The third-order valence-electron chi connectivity index (χ3n) is 3.12. The van der Waals surface area contributed by atoms with Gasteiger partial charge in [0.25, 0.3) is 0 Å². The van der Waals surface area contributed by atoms with E-state index in [0.717, 1.165) is 0 Å². The molecule has 0 spiro atoms. The van der Waals surface area contributed by atoms with Crippen LogP contribution in [0, 0.1) is 0 Å². The van der Waals surface area contributed by atoms with E-state index in [0.29, 0.717) is 17.0 Å². The predicted octanol–water partition coefficient (Wildman–Crippen LogP) is 1.50. The van der Waals surface area contributed by atoms with Crippen LogP contribution >= 0.6 is 0 Å². The number of phenols is 1. The topological polar surface area (TPSA) is 109 Å². The van der Waals surface area contributed by atoms with Gasteiger partial charge < -0.3 is 19.9 Å². The highest BCUT2D eigenvalue weighted by Crippen LogP contribution is 2.25. The number of benzene rings is 2. The second-order valence-electron chi connectivity index (χ2n) is 4.82. The molecule has 2 aromatic carbocycles. The number of hydrogen-bond acceptors (Lipinski definition) is 6. The van der Waals surface area contributed by atoms with Crippen molar-refractivity contribution in [1.82, 2.24) is 5.43 Å². The molecule has 0 bridgehead atoms. The van der Waals surface area contributed by atoms with Gasteiger partial charge >= 0.3 is 11.8 Å². The monoisotopic (exact) mass is 343 g/mol. The number of hydrazone groups is 1. The fourth-order valence-corrected chi connectivity index (χ4v) is 1.88. The van der Waals surface area contributed by atoms with Crippen LogP contribution < -0.4 is 20.2 Å². The molecule has 130 valence electrons. The summed E-state index contributed by atoms with van der Waals surface area (Å²) in [5, 5.41) is 15.6. The van der Waals surface area contributed by atoms with Gasteiger partial charge in [0.05, 0.1) is 20.4 Å². The molecule has 8 nitrogen and oxygen atoms in total. The minimum Gasteiger partial charge on any atom is -0.504 e. The molecular weight excluding hydrogens is 326 g/mol. The molecule has 0 radical (unpaired) electrons. The molecule has 0 aromatic heterocycles. The Kier molecular flexibility index (Phi) is 5.94. The second-order valence-corrected chi connectivity index (χ2v) is 4.82. The van der Waals surface area contributed by atoms with Crippen molar-refractivity contribution in [2.24, 2.45) is 5.10 Å². The standard InChI is InChI=1S/C17H17N3O5/c1-24-13-5-3-4-12(9-13)19-16(22)17(23)20-18-10-11-6-7-14(21)15(8-11)25-2/h3-10,21H,1-2H3,(H,19,22)(H,20,23)/b18-10+. The third kappa shape index (κ3) is 4.96. The second kappa shape index (κ2) is 8.34. The summed E-state index contributed by atoms with van der Waals surface area (Å²) in [6.45, 7) is 0. The number of anilines is 1. The molecule has 0 atom stereocenters. The van der Waals surface area contributed by atoms with Crippen LogP contribution in [0.2, 0.25) is 0 Å². The lowest BCUT2D eigenvalue weighted by Crippen LogP contribution is -2.32. The van der Waals surface area contributed by atoms with Crippen LogP contribution in [-0.4, -0.2) is 37.4 Å². The van der Waals surface area contributed by atoms with Crippen molar-refractivity contribution in [3.05, 3.63) is 48.0 Å². The largest absolute Gasteiger partial charge is 0.504 e. The number of aromatic hydroxyl groups is 1. The van der Waals surface area contributed by atoms with Gasteiger partial charge in [0.2, 0.25) is 0 Å². The number of amides is 2. The molecule has 2 amide bonds. The van der Waals surface area contributed by atoms with Crippen LogP contribution in [0.1, 0.15) is 5.56 Å². The Labute approximate surface area is 144 Å². The zero-order valence-corrected chi connectivity index (χ0v) is 13.6. The predicted molar refractivity (Wildman–Crippen MR) is 92.0 cm³/mol. The van der Waals surface area contributed by atoms with E-state index in [-0.39, 0.29) is 11.5 Å². The Morgan fingerprint density at radius 2 is 1.88 bits per heavy atom. The van der Waals surface area contributed by atoms with Gasteiger partial charge in [-0.25, -0.2) is 5.43 Å². The Hall–Kier alpha value is -3.55. The van der Waals surface area contributed by atoms with Crippen molar-refractivity contribution in [2.45, 2.75) is 0 Å². The molecule has 0 aliphatic carbocycles. The Morgan fingerprint density at radius 3 is 2.60 bits per heavy atom. The maximum Gasteiger partial charge on any atom is 0.329 e. The summed E-state index contributed by atoms with van der Waals surface area (Å²) in [6, 6.07) is 11.1. The van der Waals surface area contributed by atoms with Crippen LogP contribution in [-0.2, 0) is 9.59 Å². The number of hydrogen-bond donors (Lipinski definition) is 3. The van der Waals surface area contributed by atoms with Crippen LogP contribution in [0.5, 0.6) is 17.2 Å². The summed E-state index contributed by atoms with van der Waals surface area (Å²) in [5.41, 5.74) is 3.11. The fourth-order valence-electron chi connectivity index (χ4n) is 1.88. The Bertz CT molecular complexity index is 805. The number of carbonyl (C=O) groups excluding carboxylic acids is 2. The summed E-state index contributed by atoms with van der Waals surface area (Å²) in [5.74, 6) is -0.983. The number of carbonyl (C=O) groups is 2. The van der Waals surface area contributed by atoms with E-state index >= 15 is 0 Å². The molecule has 0 heterocycles. The number of ether oxygens (including phenoxy) is 2. The van der Waals surface area contributed by atoms with Gasteiger partial charge in [-0.05, 0) is 35.9 Å². The average Bonchev–Trinajstić information content (AvgIpc) is 2.63. The van der Waals surface area contributed by atoms with Crippen molar-refractivity contribution in [2.75, 3.05) is 19.5 Å². The van der Waals surface area contributed by atoms with Crippen molar-refractivity contribution in [3.63, 3.8) is 0 Å². The molecule has 0 unspecified atom stereocenters. The summed E-state index contributed by atoms with van der Waals surface area (Å²) < 4.78 is 10.00. The number of methoxy groups -OCH3 is 2. The molecule has 0 aliphatic heterocycles.